The minimum atomic E-state index is -0.0441. The lowest BCUT2D eigenvalue weighted by molar-refractivity contribution is 0.0689. The standard InChI is InChI=1S/C21H23N5O2/c1-15-5-3-7-17(11-15)28-19-13-22-12-18(24-19)16-6-4-9-26(14-16)21(27)20-23-8-10-25(20)2/h3,5,7-8,10-13,16H,4,6,9,14H2,1-2H3/t16-/m0/s1. The van der Waals surface area contributed by atoms with E-state index >= 15 is 0 Å². The molecule has 2 aromatic heterocycles. The minimum Gasteiger partial charge on any atom is -0.437 e. The van der Waals surface area contributed by atoms with E-state index in [9.17, 15) is 4.79 Å². The monoisotopic (exact) mass is 377 g/mol. The maximum absolute atomic E-state index is 12.8. The summed E-state index contributed by atoms with van der Waals surface area (Å²) in [6.07, 6.45) is 8.70. The van der Waals surface area contributed by atoms with Gasteiger partial charge >= 0.3 is 0 Å². The number of benzene rings is 1. The molecule has 3 heterocycles. The van der Waals surface area contributed by atoms with Gasteiger partial charge in [-0.1, -0.05) is 12.1 Å². The molecule has 0 bridgehead atoms. The summed E-state index contributed by atoms with van der Waals surface area (Å²) in [7, 11) is 1.83. The molecule has 1 aliphatic rings. The number of aryl methyl sites for hydroxylation is 2. The number of hydrogen-bond acceptors (Lipinski definition) is 5. The molecule has 1 aliphatic heterocycles. The first-order valence-corrected chi connectivity index (χ1v) is 9.43. The highest BCUT2D eigenvalue weighted by Crippen LogP contribution is 2.28. The fourth-order valence-corrected chi connectivity index (χ4v) is 3.52. The third kappa shape index (κ3) is 3.88. The number of amides is 1. The van der Waals surface area contributed by atoms with Crippen molar-refractivity contribution in [2.75, 3.05) is 13.1 Å². The third-order valence-corrected chi connectivity index (χ3v) is 4.98. The summed E-state index contributed by atoms with van der Waals surface area (Å²) in [6.45, 7) is 3.35. The fourth-order valence-electron chi connectivity index (χ4n) is 3.52. The molecule has 1 fully saturated rings. The Morgan fingerprint density at radius 2 is 2.18 bits per heavy atom. The molecule has 0 saturated carbocycles. The molecule has 0 aliphatic carbocycles. The zero-order valence-electron chi connectivity index (χ0n) is 16.1. The van der Waals surface area contributed by atoms with Crippen LogP contribution in [-0.4, -0.2) is 43.4 Å². The summed E-state index contributed by atoms with van der Waals surface area (Å²) in [6, 6.07) is 7.83. The molecule has 4 rings (SSSR count). The topological polar surface area (TPSA) is 73.1 Å². The normalized spacial score (nSPS) is 16.8. The van der Waals surface area contributed by atoms with Crippen LogP contribution in [0.5, 0.6) is 11.6 Å². The first-order chi connectivity index (χ1) is 13.6. The van der Waals surface area contributed by atoms with Gasteiger partial charge < -0.3 is 14.2 Å². The Morgan fingerprint density at radius 1 is 1.29 bits per heavy atom. The molecule has 0 radical (unpaired) electrons. The summed E-state index contributed by atoms with van der Waals surface area (Å²) >= 11 is 0. The van der Waals surface area contributed by atoms with Gasteiger partial charge in [-0.3, -0.25) is 9.78 Å². The predicted molar refractivity (Wildman–Crippen MR) is 104 cm³/mol. The van der Waals surface area contributed by atoms with Crippen LogP contribution in [0.15, 0.2) is 49.1 Å². The van der Waals surface area contributed by atoms with E-state index in [-0.39, 0.29) is 11.8 Å². The summed E-state index contributed by atoms with van der Waals surface area (Å²) < 4.78 is 7.62. The van der Waals surface area contributed by atoms with Crippen molar-refractivity contribution >= 4 is 5.91 Å². The van der Waals surface area contributed by atoms with Crippen LogP contribution in [0.3, 0.4) is 0 Å². The number of rotatable bonds is 4. The average Bonchev–Trinajstić information content (AvgIpc) is 3.14. The molecule has 1 amide bonds. The Morgan fingerprint density at radius 3 is 2.96 bits per heavy atom. The van der Waals surface area contributed by atoms with Crippen LogP contribution in [0, 0.1) is 6.92 Å². The second kappa shape index (κ2) is 7.80. The van der Waals surface area contributed by atoms with E-state index in [1.165, 1.54) is 0 Å². The van der Waals surface area contributed by atoms with Crippen molar-refractivity contribution in [3.05, 3.63) is 66.1 Å². The number of carbonyl (C=O) groups is 1. The van der Waals surface area contributed by atoms with Crippen molar-refractivity contribution in [2.45, 2.75) is 25.7 Å². The first-order valence-electron chi connectivity index (χ1n) is 9.43. The zero-order chi connectivity index (χ0) is 19.5. The molecular formula is C21H23N5O2. The van der Waals surface area contributed by atoms with Gasteiger partial charge in [0.1, 0.15) is 5.75 Å². The lowest BCUT2D eigenvalue weighted by atomic mass is 9.95. The Labute approximate surface area is 164 Å². The smallest absolute Gasteiger partial charge is 0.289 e. The zero-order valence-corrected chi connectivity index (χ0v) is 16.1. The molecule has 28 heavy (non-hydrogen) atoms. The molecule has 0 spiro atoms. The highest BCUT2D eigenvalue weighted by atomic mass is 16.5. The van der Waals surface area contributed by atoms with E-state index < -0.39 is 0 Å². The van der Waals surface area contributed by atoms with E-state index in [4.69, 9.17) is 4.74 Å². The highest BCUT2D eigenvalue weighted by Gasteiger charge is 2.28. The van der Waals surface area contributed by atoms with Crippen molar-refractivity contribution in [2.24, 2.45) is 7.05 Å². The van der Waals surface area contributed by atoms with Gasteiger partial charge in [-0.05, 0) is 37.5 Å². The molecule has 1 aromatic carbocycles. The molecule has 144 valence electrons. The van der Waals surface area contributed by atoms with Gasteiger partial charge in [-0.25, -0.2) is 9.97 Å². The Kier molecular flexibility index (Phi) is 5.06. The summed E-state index contributed by atoms with van der Waals surface area (Å²) in [4.78, 5) is 27.8. The molecule has 1 atom stereocenters. The van der Waals surface area contributed by atoms with Crippen LogP contribution in [0.2, 0.25) is 0 Å². The van der Waals surface area contributed by atoms with E-state index in [0.29, 0.717) is 18.2 Å². The van der Waals surface area contributed by atoms with Gasteiger partial charge in [-0.2, -0.15) is 0 Å². The van der Waals surface area contributed by atoms with Crippen LogP contribution in [0.1, 0.15) is 40.6 Å². The van der Waals surface area contributed by atoms with E-state index in [0.717, 1.165) is 36.4 Å². The SMILES string of the molecule is Cc1cccc(Oc2cncc([C@H]3CCCN(C(=O)c4nccn4C)C3)n2)c1. The van der Waals surface area contributed by atoms with E-state index in [2.05, 4.69) is 15.0 Å². The highest BCUT2D eigenvalue weighted by molar-refractivity contribution is 5.90. The molecule has 1 saturated heterocycles. The Bertz CT molecular complexity index is 984. The van der Waals surface area contributed by atoms with Gasteiger partial charge in [0.05, 0.1) is 11.9 Å². The molecule has 7 heteroatoms. The summed E-state index contributed by atoms with van der Waals surface area (Å²) in [5.74, 6) is 1.75. The predicted octanol–water partition coefficient (Wildman–Crippen LogP) is 3.33. The van der Waals surface area contributed by atoms with Crippen molar-refractivity contribution in [1.29, 1.82) is 0 Å². The number of carbonyl (C=O) groups excluding carboxylic acids is 1. The number of aromatic nitrogens is 4. The summed E-state index contributed by atoms with van der Waals surface area (Å²) in [5.41, 5.74) is 1.97. The van der Waals surface area contributed by atoms with Gasteiger partial charge in [0.2, 0.25) is 5.88 Å². The number of hydrogen-bond donors (Lipinski definition) is 0. The van der Waals surface area contributed by atoms with Gasteiger partial charge in [0, 0.05) is 44.6 Å². The van der Waals surface area contributed by atoms with Gasteiger partial charge in [-0.15, -0.1) is 0 Å². The average molecular weight is 377 g/mol. The van der Waals surface area contributed by atoms with Gasteiger partial charge in [0.15, 0.2) is 5.82 Å². The number of imidazole rings is 1. The van der Waals surface area contributed by atoms with E-state index in [1.807, 2.05) is 43.1 Å². The maximum atomic E-state index is 12.8. The van der Waals surface area contributed by atoms with Crippen LogP contribution in [0.4, 0.5) is 0 Å². The Hall–Kier alpha value is -3.22. The lowest BCUT2D eigenvalue weighted by Crippen LogP contribution is -2.40. The van der Waals surface area contributed by atoms with Crippen LogP contribution in [-0.2, 0) is 7.05 Å². The summed E-state index contributed by atoms with van der Waals surface area (Å²) in [5, 5.41) is 0. The first kappa shape index (κ1) is 18.2. The van der Waals surface area contributed by atoms with E-state index in [1.54, 1.807) is 29.4 Å². The largest absolute Gasteiger partial charge is 0.437 e. The molecular weight excluding hydrogens is 354 g/mol. The number of piperidine rings is 1. The maximum Gasteiger partial charge on any atom is 0.289 e. The van der Waals surface area contributed by atoms with Crippen LogP contribution < -0.4 is 4.74 Å². The fraction of sp³-hybridized carbons (Fsp3) is 0.333. The van der Waals surface area contributed by atoms with Crippen LogP contribution >= 0.6 is 0 Å². The third-order valence-electron chi connectivity index (χ3n) is 4.98. The van der Waals surface area contributed by atoms with Crippen molar-refractivity contribution in [1.82, 2.24) is 24.4 Å². The van der Waals surface area contributed by atoms with Crippen LogP contribution in [0.25, 0.3) is 0 Å². The quantitative estimate of drug-likeness (QED) is 0.697. The molecule has 7 nitrogen and oxygen atoms in total. The molecule has 3 aromatic rings. The van der Waals surface area contributed by atoms with Crippen molar-refractivity contribution < 1.29 is 9.53 Å². The Balaban J connectivity index is 1.49. The van der Waals surface area contributed by atoms with Crippen molar-refractivity contribution in [3.8, 4) is 11.6 Å². The second-order valence-corrected chi connectivity index (χ2v) is 7.15. The second-order valence-electron chi connectivity index (χ2n) is 7.15. The number of likely N-dealkylation sites (tertiary alicyclic amines) is 1. The van der Waals surface area contributed by atoms with Crippen molar-refractivity contribution in [3.63, 3.8) is 0 Å². The molecule has 0 N–H and O–H groups in total. The van der Waals surface area contributed by atoms with Gasteiger partial charge in [0.25, 0.3) is 5.91 Å². The lowest BCUT2D eigenvalue weighted by Gasteiger charge is -2.32. The number of ether oxygens (including phenoxy) is 1. The molecule has 0 unspecified atom stereocenters. The minimum absolute atomic E-state index is 0.0441. The number of nitrogens with zero attached hydrogens (tertiary/aromatic N) is 5.